The molecule has 0 fully saturated rings. The largest absolute Gasteiger partial charge is 0.344 e. The zero-order valence-corrected chi connectivity index (χ0v) is 14.1. The summed E-state index contributed by atoms with van der Waals surface area (Å²) >= 11 is 1.65. The second-order valence-corrected chi connectivity index (χ2v) is 6.36. The van der Waals surface area contributed by atoms with Crippen LogP contribution in [0.1, 0.15) is 34.9 Å². The monoisotopic (exact) mass is 306 g/mol. The van der Waals surface area contributed by atoms with Gasteiger partial charge in [-0.2, -0.15) is 5.10 Å². The first-order chi connectivity index (χ1) is 9.90. The van der Waals surface area contributed by atoms with Crippen LogP contribution in [0.3, 0.4) is 0 Å². The average Bonchev–Trinajstić information content (AvgIpc) is 2.99. The van der Waals surface area contributed by atoms with E-state index in [9.17, 15) is 4.79 Å². The van der Waals surface area contributed by atoms with Gasteiger partial charge in [0, 0.05) is 30.6 Å². The van der Waals surface area contributed by atoms with Crippen LogP contribution in [-0.2, 0) is 11.2 Å². The fraction of sp³-hybridized carbons (Fsp3) is 0.533. The van der Waals surface area contributed by atoms with Gasteiger partial charge < -0.3 is 4.90 Å². The maximum Gasteiger partial charge on any atom is 0.246 e. The molecular formula is C15H22N4OS. The zero-order chi connectivity index (χ0) is 15.6. The van der Waals surface area contributed by atoms with Crippen LogP contribution in [0, 0.1) is 20.8 Å². The van der Waals surface area contributed by atoms with Crippen molar-refractivity contribution in [2.75, 3.05) is 13.6 Å². The van der Waals surface area contributed by atoms with Crippen molar-refractivity contribution in [2.45, 2.75) is 40.2 Å². The van der Waals surface area contributed by atoms with Crippen molar-refractivity contribution in [1.82, 2.24) is 19.7 Å². The van der Waals surface area contributed by atoms with Crippen LogP contribution >= 0.6 is 11.3 Å². The van der Waals surface area contributed by atoms with Gasteiger partial charge in [0.1, 0.15) is 6.04 Å². The molecule has 0 aliphatic carbocycles. The Labute approximate surface area is 129 Å². The highest BCUT2D eigenvalue weighted by atomic mass is 32.1. The maximum atomic E-state index is 12.5. The van der Waals surface area contributed by atoms with E-state index < -0.39 is 0 Å². The van der Waals surface area contributed by atoms with Crippen molar-refractivity contribution in [1.29, 1.82) is 0 Å². The smallest absolute Gasteiger partial charge is 0.246 e. The highest BCUT2D eigenvalue weighted by molar-refractivity contribution is 7.09. The zero-order valence-electron chi connectivity index (χ0n) is 13.3. The summed E-state index contributed by atoms with van der Waals surface area (Å²) < 4.78 is 1.80. The summed E-state index contributed by atoms with van der Waals surface area (Å²) in [4.78, 5) is 19.8. The number of nitrogens with zero attached hydrogens (tertiary/aromatic N) is 4. The molecular weight excluding hydrogens is 284 g/mol. The number of hydrogen-bond donors (Lipinski definition) is 0. The van der Waals surface area contributed by atoms with Crippen LogP contribution in [0.2, 0.25) is 0 Å². The van der Waals surface area contributed by atoms with Gasteiger partial charge >= 0.3 is 0 Å². The van der Waals surface area contributed by atoms with Crippen molar-refractivity contribution in [2.24, 2.45) is 0 Å². The van der Waals surface area contributed by atoms with Crippen LogP contribution in [0.5, 0.6) is 0 Å². The van der Waals surface area contributed by atoms with E-state index in [0.29, 0.717) is 6.54 Å². The number of aromatic nitrogens is 3. The van der Waals surface area contributed by atoms with Gasteiger partial charge in [-0.05, 0) is 33.8 Å². The molecule has 2 aromatic heterocycles. The lowest BCUT2D eigenvalue weighted by atomic mass is 10.2. The van der Waals surface area contributed by atoms with E-state index in [2.05, 4.69) is 10.1 Å². The molecule has 21 heavy (non-hydrogen) atoms. The molecule has 0 saturated carbocycles. The maximum absolute atomic E-state index is 12.5. The Bertz CT molecular complexity index is 631. The second-order valence-electron chi connectivity index (χ2n) is 5.42. The van der Waals surface area contributed by atoms with Crippen molar-refractivity contribution in [3.63, 3.8) is 0 Å². The number of carbonyl (C=O) groups is 1. The Morgan fingerprint density at radius 1 is 1.43 bits per heavy atom. The van der Waals surface area contributed by atoms with Crippen LogP contribution in [-0.4, -0.2) is 39.2 Å². The van der Waals surface area contributed by atoms with E-state index in [-0.39, 0.29) is 11.9 Å². The number of thiazole rings is 1. The van der Waals surface area contributed by atoms with E-state index in [1.165, 1.54) is 4.88 Å². The van der Waals surface area contributed by atoms with E-state index in [0.717, 1.165) is 23.5 Å². The number of rotatable bonds is 5. The highest BCUT2D eigenvalue weighted by Gasteiger charge is 2.21. The first-order valence-corrected chi connectivity index (χ1v) is 7.94. The van der Waals surface area contributed by atoms with Gasteiger partial charge in [-0.3, -0.25) is 9.48 Å². The summed E-state index contributed by atoms with van der Waals surface area (Å²) in [7, 11) is 1.85. The van der Waals surface area contributed by atoms with Gasteiger partial charge in [-0.1, -0.05) is 0 Å². The Morgan fingerprint density at radius 2 is 2.14 bits per heavy atom. The van der Waals surface area contributed by atoms with Crippen molar-refractivity contribution in [3.05, 3.63) is 33.5 Å². The summed E-state index contributed by atoms with van der Waals surface area (Å²) in [6.45, 7) is 8.52. The third kappa shape index (κ3) is 3.50. The SMILES string of the molecule is Cc1cc(C)n([C@H](C)C(=O)N(C)CCc2scnc2C)n1. The molecule has 2 aromatic rings. The summed E-state index contributed by atoms with van der Waals surface area (Å²) in [5, 5.41) is 4.40. The molecule has 1 amide bonds. The quantitative estimate of drug-likeness (QED) is 0.853. The van der Waals surface area contributed by atoms with Gasteiger partial charge in [0.25, 0.3) is 0 Å². The molecule has 0 saturated heterocycles. The fourth-order valence-corrected chi connectivity index (χ4v) is 3.18. The van der Waals surface area contributed by atoms with Crippen molar-refractivity contribution in [3.8, 4) is 0 Å². The molecule has 2 rings (SSSR count). The Morgan fingerprint density at radius 3 is 2.67 bits per heavy atom. The minimum atomic E-state index is -0.272. The van der Waals surface area contributed by atoms with Gasteiger partial charge in [0.2, 0.25) is 5.91 Å². The first-order valence-electron chi connectivity index (χ1n) is 7.07. The van der Waals surface area contributed by atoms with E-state index in [1.807, 2.05) is 46.3 Å². The van der Waals surface area contributed by atoms with Gasteiger partial charge in [0.05, 0.1) is 16.9 Å². The number of aryl methyl sites for hydroxylation is 3. The topological polar surface area (TPSA) is 51.0 Å². The van der Waals surface area contributed by atoms with Crippen molar-refractivity contribution < 1.29 is 4.79 Å². The molecule has 2 heterocycles. The second kappa shape index (κ2) is 6.39. The molecule has 1 atom stereocenters. The van der Waals surface area contributed by atoms with Gasteiger partial charge in [-0.15, -0.1) is 11.3 Å². The fourth-order valence-electron chi connectivity index (χ4n) is 2.41. The Kier molecular flexibility index (Phi) is 4.77. The molecule has 0 N–H and O–H groups in total. The molecule has 0 spiro atoms. The van der Waals surface area contributed by atoms with Gasteiger partial charge in [-0.25, -0.2) is 4.98 Å². The third-order valence-electron chi connectivity index (χ3n) is 3.66. The lowest BCUT2D eigenvalue weighted by Gasteiger charge is -2.22. The summed E-state index contributed by atoms with van der Waals surface area (Å²) in [6, 6.07) is 1.72. The predicted molar refractivity (Wildman–Crippen MR) is 84.6 cm³/mol. The van der Waals surface area contributed by atoms with E-state index in [4.69, 9.17) is 0 Å². The molecule has 0 aliphatic rings. The number of hydrogen-bond acceptors (Lipinski definition) is 4. The molecule has 0 bridgehead atoms. The first kappa shape index (κ1) is 15.7. The summed E-state index contributed by atoms with van der Waals surface area (Å²) in [6.07, 6.45) is 0.850. The van der Waals surface area contributed by atoms with Crippen LogP contribution < -0.4 is 0 Å². The number of likely N-dealkylation sites (N-methyl/N-ethyl adjacent to an activating group) is 1. The molecule has 0 unspecified atom stereocenters. The van der Waals surface area contributed by atoms with E-state index in [1.54, 1.807) is 20.9 Å². The highest BCUT2D eigenvalue weighted by Crippen LogP contribution is 2.16. The minimum absolute atomic E-state index is 0.0865. The van der Waals surface area contributed by atoms with Crippen LogP contribution in [0.4, 0.5) is 0 Å². The van der Waals surface area contributed by atoms with Crippen molar-refractivity contribution >= 4 is 17.2 Å². The molecule has 6 heteroatoms. The summed E-state index contributed by atoms with van der Waals surface area (Å²) in [5.41, 5.74) is 4.87. The predicted octanol–water partition coefficient (Wildman–Crippen LogP) is 2.53. The van der Waals surface area contributed by atoms with Crippen LogP contribution in [0.15, 0.2) is 11.6 Å². The summed E-state index contributed by atoms with van der Waals surface area (Å²) in [5.74, 6) is 0.0865. The lowest BCUT2D eigenvalue weighted by Crippen LogP contribution is -2.35. The molecule has 114 valence electrons. The molecule has 0 aromatic carbocycles. The Hall–Kier alpha value is -1.69. The standard InChI is InChI=1S/C15H22N4OS/c1-10-8-11(2)19(17-10)13(4)15(20)18(5)7-6-14-12(3)16-9-21-14/h8-9,13H,6-7H2,1-5H3/t13-/m1/s1. The number of carbonyl (C=O) groups excluding carboxylic acids is 1. The number of amides is 1. The normalized spacial score (nSPS) is 12.4. The third-order valence-corrected chi connectivity index (χ3v) is 4.66. The van der Waals surface area contributed by atoms with Gasteiger partial charge in [0.15, 0.2) is 0 Å². The molecule has 0 aliphatic heterocycles. The Balaban J connectivity index is 1.99. The van der Waals surface area contributed by atoms with Crippen LogP contribution in [0.25, 0.3) is 0 Å². The molecule has 5 nitrogen and oxygen atoms in total. The minimum Gasteiger partial charge on any atom is -0.344 e. The average molecular weight is 306 g/mol. The molecule has 0 radical (unpaired) electrons. The van der Waals surface area contributed by atoms with E-state index >= 15 is 0 Å². The lowest BCUT2D eigenvalue weighted by molar-refractivity contribution is -0.133.